The van der Waals surface area contributed by atoms with Crippen LogP contribution >= 0.6 is 0 Å². The third kappa shape index (κ3) is 8.96. The van der Waals surface area contributed by atoms with Gasteiger partial charge >= 0.3 is 0 Å². The third-order valence-corrected chi connectivity index (χ3v) is 30.2. The van der Waals surface area contributed by atoms with Crippen LogP contribution in [0.1, 0.15) is 89.0 Å². The molecule has 0 aromatic heterocycles. The molecule has 0 saturated heterocycles. The Bertz CT molecular complexity index is 7480. The molecule has 28 rings (SSSR count). The maximum Gasteiger partial charge on any atom is 0.0725 e. The molecular formula is C126H76. The van der Waals surface area contributed by atoms with Gasteiger partial charge in [0.15, 0.2) is 0 Å². The van der Waals surface area contributed by atoms with Crippen molar-refractivity contribution in [2.75, 3.05) is 0 Å². The summed E-state index contributed by atoms with van der Waals surface area (Å²) in [5.74, 6) is 0. The molecule has 2 spiro atoms. The maximum atomic E-state index is 2.58. The van der Waals surface area contributed by atoms with Gasteiger partial charge in [-0.2, -0.15) is 0 Å². The number of rotatable bonds is 8. The zero-order valence-electron chi connectivity index (χ0n) is 68.9. The summed E-state index contributed by atoms with van der Waals surface area (Å²) in [6.07, 6.45) is 0. The van der Waals surface area contributed by atoms with Crippen molar-refractivity contribution in [2.45, 2.75) is 21.7 Å². The zero-order chi connectivity index (χ0) is 82.3. The van der Waals surface area contributed by atoms with Gasteiger partial charge in [0.2, 0.25) is 0 Å². The molecule has 6 aliphatic rings. The van der Waals surface area contributed by atoms with Crippen molar-refractivity contribution in [3.05, 3.63) is 550 Å². The maximum absolute atomic E-state index is 2.58. The molecule has 6 aliphatic carbocycles. The van der Waals surface area contributed by atoms with Gasteiger partial charge in [-0.25, -0.2) is 0 Å². The molecule has 0 nitrogen and oxygen atoms in total. The van der Waals surface area contributed by atoms with Gasteiger partial charge in [0.05, 0.1) is 21.7 Å². The largest absolute Gasteiger partial charge is 0.0725 e. The van der Waals surface area contributed by atoms with E-state index in [0.29, 0.717) is 0 Å². The van der Waals surface area contributed by atoms with Gasteiger partial charge in [0, 0.05) is 0 Å². The van der Waals surface area contributed by atoms with E-state index in [1.165, 1.54) is 243 Å². The van der Waals surface area contributed by atoms with E-state index in [4.69, 9.17) is 0 Å². The first-order chi connectivity index (χ1) is 62.5. The Balaban J connectivity index is 0.738. The third-order valence-electron chi connectivity index (χ3n) is 30.2. The SMILES string of the molecule is c1ccc(C2(c3ccccc3)c3ccccc3-c3ccc(-c4ccc5c6ccc(-c7ccc8c(c7)C(c7ccccc7)(c7ccccc7)c7ccccc7-8)cc6c6c7cc(-c8ccc9c(c8)C8(c%10ccccc%10-c%10ccccc%108)c8ccccc8-9)ccc7c7ccc(-c8ccc9c(c8)C8(c%10ccccc%10-c%10ccccc%108)c8ccccc8-9)cc7c6c5c4)cc32)cc1. The Morgan fingerprint density at radius 2 is 0.262 bits per heavy atom. The summed E-state index contributed by atoms with van der Waals surface area (Å²) in [4.78, 5) is 0. The molecule has 0 aliphatic heterocycles. The molecule has 22 aromatic carbocycles. The number of benzene rings is 22. The lowest BCUT2D eigenvalue weighted by Gasteiger charge is -2.34. The summed E-state index contributed by atoms with van der Waals surface area (Å²) in [7, 11) is 0. The van der Waals surface area contributed by atoms with Gasteiger partial charge in [0.25, 0.3) is 0 Å². The highest BCUT2D eigenvalue weighted by atomic mass is 14.6. The second kappa shape index (κ2) is 25.9. The molecule has 0 amide bonds. The molecular weight excluding hydrogens is 1510 g/mol. The van der Waals surface area contributed by atoms with Crippen molar-refractivity contribution in [1.82, 2.24) is 0 Å². The van der Waals surface area contributed by atoms with Gasteiger partial charge in [0.1, 0.15) is 0 Å². The van der Waals surface area contributed by atoms with E-state index in [-0.39, 0.29) is 0 Å². The molecule has 126 heavy (non-hydrogen) atoms. The molecule has 0 radical (unpaired) electrons. The van der Waals surface area contributed by atoms with Crippen LogP contribution in [0.4, 0.5) is 0 Å². The van der Waals surface area contributed by atoms with Crippen molar-refractivity contribution in [3.63, 3.8) is 0 Å². The summed E-state index contributed by atoms with van der Waals surface area (Å²) in [6.45, 7) is 0. The fraction of sp³-hybridized carbons (Fsp3) is 0.0317. The molecule has 0 bridgehead atoms. The topological polar surface area (TPSA) is 0 Å². The van der Waals surface area contributed by atoms with Gasteiger partial charge < -0.3 is 0 Å². The molecule has 0 N–H and O–H groups in total. The monoisotopic (exact) mass is 1590 g/mol. The minimum Gasteiger partial charge on any atom is -0.0622 e. The Morgan fingerprint density at radius 3 is 0.476 bits per heavy atom. The summed E-state index contributed by atoms with van der Waals surface area (Å²) in [6, 6.07) is 178. The number of fused-ring (bicyclic) bond motifs is 37. The number of hydrogen-bond donors (Lipinski definition) is 0. The van der Waals surface area contributed by atoms with Crippen molar-refractivity contribution in [1.29, 1.82) is 0 Å². The summed E-state index contributed by atoms with van der Waals surface area (Å²) < 4.78 is 0. The second-order valence-electron chi connectivity index (χ2n) is 35.7. The molecule has 580 valence electrons. The number of hydrogen-bond acceptors (Lipinski definition) is 0. The smallest absolute Gasteiger partial charge is 0.0622 e. The van der Waals surface area contributed by atoms with E-state index < -0.39 is 21.7 Å². The normalized spacial score (nSPS) is 14.4. The minimum atomic E-state index is -0.585. The van der Waals surface area contributed by atoms with Crippen molar-refractivity contribution in [3.8, 4) is 111 Å². The van der Waals surface area contributed by atoms with Gasteiger partial charge in [-0.1, -0.05) is 413 Å². The quantitative estimate of drug-likeness (QED) is 0.133. The van der Waals surface area contributed by atoms with Gasteiger partial charge in [-0.05, 0) is 303 Å². The van der Waals surface area contributed by atoms with E-state index in [9.17, 15) is 0 Å². The highest BCUT2D eigenvalue weighted by Crippen LogP contribution is 2.67. The molecule has 0 heterocycles. The van der Waals surface area contributed by atoms with Crippen LogP contribution in [0.2, 0.25) is 0 Å². The van der Waals surface area contributed by atoms with Crippen molar-refractivity contribution < 1.29 is 0 Å². The minimum absolute atomic E-state index is 0.513. The fourth-order valence-electron chi connectivity index (χ4n) is 25.3. The van der Waals surface area contributed by atoms with Gasteiger partial charge in [-0.3, -0.25) is 0 Å². The van der Waals surface area contributed by atoms with Gasteiger partial charge in [-0.15, -0.1) is 0 Å². The predicted octanol–water partition coefficient (Wildman–Crippen LogP) is 31.5. The summed E-state index contributed by atoms with van der Waals surface area (Å²) in [5, 5.41) is 12.2. The average molecular weight is 1590 g/mol. The highest BCUT2D eigenvalue weighted by Gasteiger charge is 2.55. The second-order valence-corrected chi connectivity index (χ2v) is 35.7. The lowest BCUT2D eigenvalue weighted by atomic mass is 9.67. The Labute approximate surface area is 731 Å². The predicted molar refractivity (Wildman–Crippen MR) is 523 cm³/mol. The Morgan fingerprint density at radius 1 is 0.103 bits per heavy atom. The first-order valence-electron chi connectivity index (χ1n) is 44.4. The van der Waals surface area contributed by atoms with E-state index in [1.807, 2.05) is 0 Å². The molecule has 0 unspecified atom stereocenters. The fourth-order valence-corrected chi connectivity index (χ4v) is 25.3. The van der Waals surface area contributed by atoms with Crippen molar-refractivity contribution in [2.24, 2.45) is 0 Å². The first-order valence-corrected chi connectivity index (χ1v) is 44.4. The van der Waals surface area contributed by atoms with Crippen LogP contribution in [-0.4, -0.2) is 0 Å². The zero-order valence-corrected chi connectivity index (χ0v) is 68.9. The van der Waals surface area contributed by atoms with E-state index in [0.717, 1.165) is 11.1 Å². The van der Waals surface area contributed by atoms with Crippen LogP contribution < -0.4 is 0 Å². The van der Waals surface area contributed by atoms with E-state index >= 15 is 0 Å². The first kappa shape index (κ1) is 69.8. The van der Waals surface area contributed by atoms with Crippen LogP contribution in [0.15, 0.2) is 461 Å². The summed E-state index contributed by atoms with van der Waals surface area (Å²) in [5.41, 5.74) is 43.5. The molecule has 22 aromatic rings. The van der Waals surface area contributed by atoms with Crippen molar-refractivity contribution >= 4 is 53.9 Å². The van der Waals surface area contributed by atoms with E-state index in [1.54, 1.807) is 0 Å². The Hall–Kier alpha value is -15.9. The van der Waals surface area contributed by atoms with Crippen LogP contribution in [-0.2, 0) is 21.7 Å². The molecule has 0 saturated carbocycles. The van der Waals surface area contributed by atoms with E-state index in [2.05, 4.69) is 461 Å². The van der Waals surface area contributed by atoms with Crippen LogP contribution in [0, 0.1) is 0 Å². The standard InChI is InChI=1S/C126H76/c1-5-29-85(30-6-1)123(86-31-7-2-8-32-86)109-45-21-13-41-97(109)101-65-57-81(73-117(101)123)77-53-61-89-90-62-54-78(82-58-66-102-98-42-14-22-46-110(98)124(118(102)74-82,87-33-9-3-10-34-87)88-35-11-4-12-36-88)70-106(90)122-108-72-80(84-60-68-104-100-44-20-28-52-116(100)126(120(104)76-84)113-49-25-17-39-95(113)96-40-18-26-50-114(96)126)56-64-92(108)91-63-55-79(71-107(91)121(122)105(89)69-77)83-59-67-103-99-43-19-27-51-115(99)125(119(103)75-83)111-47-23-15-37-93(111)94-38-16-24-48-112(94)125/h1-76H. The lowest BCUT2D eigenvalue weighted by Crippen LogP contribution is -2.28. The molecule has 0 heteroatoms. The van der Waals surface area contributed by atoms with Crippen LogP contribution in [0.5, 0.6) is 0 Å². The Kier molecular flexibility index (Phi) is 14.3. The highest BCUT2D eigenvalue weighted by molar-refractivity contribution is 6.40. The molecule has 0 atom stereocenters. The van der Waals surface area contributed by atoms with Crippen LogP contribution in [0.25, 0.3) is 165 Å². The summed E-state index contributed by atoms with van der Waals surface area (Å²) >= 11 is 0. The average Bonchev–Trinajstić information content (AvgIpc) is 1.50. The molecule has 0 fully saturated rings. The lowest BCUT2D eigenvalue weighted by molar-refractivity contribution is 0.769. The van der Waals surface area contributed by atoms with Crippen LogP contribution in [0.3, 0.4) is 0 Å².